The summed E-state index contributed by atoms with van der Waals surface area (Å²) in [5.74, 6) is -3.73. The van der Waals surface area contributed by atoms with Crippen LogP contribution in [0.5, 0.6) is 0 Å². The zero-order chi connectivity index (χ0) is 14.0. The molecule has 1 aromatic rings. The van der Waals surface area contributed by atoms with Crippen molar-refractivity contribution in [3.05, 3.63) is 35.1 Å². The topological polar surface area (TPSA) is 29.3 Å². The van der Waals surface area contributed by atoms with Crippen molar-refractivity contribution in [1.29, 1.82) is 0 Å². The summed E-state index contributed by atoms with van der Waals surface area (Å²) in [6.45, 7) is 3.14. The van der Waals surface area contributed by atoms with Gasteiger partial charge in [-0.1, -0.05) is 6.92 Å². The van der Waals surface area contributed by atoms with Gasteiger partial charge in [0.15, 0.2) is 17.5 Å². The summed E-state index contributed by atoms with van der Waals surface area (Å²) >= 11 is 0. The summed E-state index contributed by atoms with van der Waals surface area (Å²) in [5.41, 5.74) is 6.18. The molecule has 0 spiro atoms. The molecule has 0 heterocycles. The highest BCUT2D eigenvalue weighted by atomic mass is 19.2. The van der Waals surface area contributed by atoms with E-state index in [-0.39, 0.29) is 12.6 Å². The molecule has 2 rings (SSSR count). The summed E-state index contributed by atoms with van der Waals surface area (Å²) < 4.78 is 39.7. The van der Waals surface area contributed by atoms with E-state index < -0.39 is 17.5 Å². The SMILES string of the molecule is CCCN(C1CC1)C(CN)c1cc(F)c(F)c(F)c1. The second-order valence-electron chi connectivity index (χ2n) is 5.02. The Morgan fingerprint density at radius 2 is 1.84 bits per heavy atom. The Morgan fingerprint density at radius 3 is 2.26 bits per heavy atom. The first-order valence-corrected chi connectivity index (χ1v) is 6.68. The average molecular weight is 272 g/mol. The lowest BCUT2D eigenvalue weighted by Crippen LogP contribution is -2.36. The molecule has 1 atom stereocenters. The van der Waals surface area contributed by atoms with Crippen molar-refractivity contribution in [2.75, 3.05) is 13.1 Å². The van der Waals surface area contributed by atoms with Crippen molar-refractivity contribution in [1.82, 2.24) is 4.90 Å². The summed E-state index contributed by atoms with van der Waals surface area (Å²) in [7, 11) is 0. The van der Waals surface area contributed by atoms with E-state index in [9.17, 15) is 13.2 Å². The molecule has 1 aromatic carbocycles. The van der Waals surface area contributed by atoms with E-state index >= 15 is 0 Å². The van der Waals surface area contributed by atoms with Crippen LogP contribution in [0.1, 0.15) is 37.8 Å². The van der Waals surface area contributed by atoms with Crippen LogP contribution in [0.3, 0.4) is 0 Å². The van der Waals surface area contributed by atoms with Crippen molar-refractivity contribution in [3.63, 3.8) is 0 Å². The molecule has 0 radical (unpaired) electrons. The summed E-state index contributed by atoms with van der Waals surface area (Å²) in [5, 5.41) is 0. The van der Waals surface area contributed by atoms with Crippen molar-refractivity contribution in [2.45, 2.75) is 38.3 Å². The fourth-order valence-electron chi connectivity index (χ4n) is 2.49. The zero-order valence-electron chi connectivity index (χ0n) is 11.0. The lowest BCUT2D eigenvalue weighted by molar-refractivity contribution is 0.190. The molecule has 1 saturated carbocycles. The van der Waals surface area contributed by atoms with Crippen LogP contribution in [-0.4, -0.2) is 24.0 Å². The van der Waals surface area contributed by atoms with Crippen LogP contribution in [0.4, 0.5) is 13.2 Å². The summed E-state index contributed by atoms with van der Waals surface area (Å²) in [6, 6.07) is 2.30. The average Bonchev–Trinajstić information content (AvgIpc) is 3.20. The van der Waals surface area contributed by atoms with Gasteiger partial charge in [-0.05, 0) is 43.5 Å². The molecular weight excluding hydrogens is 253 g/mol. The first-order chi connectivity index (χ1) is 9.08. The molecule has 1 aliphatic rings. The second-order valence-corrected chi connectivity index (χ2v) is 5.02. The van der Waals surface area contributed by atoms with E-state index in [2.05, 4.69) is 11.8 Å². The van der Waals surface area contributed by atoms with Crippen molar-refractivity contribution >= 4 is 0 Å². The molecule has 2 N–H and O–H groups in total. The van der Waals surface area contributed by atoms with Crippen LogP contribution in [-0.2, 0) is 0 Å². The Bertz CT molecular complexity index is 423. The molecule has 0 amide bonds. The van der Waals surface area contributed by atoms with Crippen LogP contribution >= 0.6 is 0 Å². The molecule has 19 heavy (non-hydrogen) atoms. The van der Waals surface area contributed by atoms with Gasteiger partial charge in [0.2, 0.25) is 0 Å². The highest BCUT2D eigenvalue weighted by Gasteiger charge is 2.34. The molecule has 106 valence electrons. The van der Waals surface area contributed by atoms with E-state index in [0.717, 1.165) is 37.9 Å². The molecular formula is C14H19F3N2. The van der Waals surface area contributed by atoms with E-state index in [1.807, 2.05) is 0 Å². The molecule has 0 aliphatic heterocycles. The smallest absolute Gasteiger partial charge is 0.194 e. The molecule has 5 heteroatoms. The van der Waals surface area contributed by atoms with Crippen molar-refractivity contribution in [2.24, 2.45) is 5.73 Å². The first kappa shape index (κ1) is 14.3. The minimum absolute atomic E-state index is 0.253. The molecule has 1 fully saturated rings. The Morgan fingerprint density at radius 1 is 1.26 bits per heavy atom. The van der Waals surface area contributed by atoms with E-state index in [4.69, 9.17) is 5.73 Å². The number of benzene rings is 1. The van der Waals surface area contributed by atoms with Gasteiger partial charge in [-0.25, -0.2) is 13.2 Å². The Hall–Kier alpha value is -1.07. The molecule has 0 aromatic heterocycles. The van der Waals surface area contributed by atoms with E-state index in [0.29, 0.717) is 11.6 Å². The van der Waals surface area contributed by atoms with Gasteiger partial charge in [-0.2, -0.15) is 0 Å². The van der Waals surface area contributed by atoms with Gasteiger partial charge < -0.3 is 5.73 Å². The van der Waals surface area contributed by atoms with Crippen LogP contribution in [0.15, 0.2) is 12.1 Å². The number of nitrogens with two attached hydrogens (primary N) is 1. The minimum Gasteiger partial charge on any atom is -0.329 e. The number of halogens is 3. The maximum Gasteiger partial charge on any atom is 0.194 e. The van der Waals surface area contributed by atoms with Gasteiger partial charge in [0.25, 0.3) is 0 Å². The molecule has 0 bridgehead atoms. The Labute approximate surface area is 111 Å². The molecule has 1 unspecified atom stereocenters. The Balaban J connectivity index is 2.29. The normalized spacial score (nSPS) is 16.9. The van der Waals surface area contributed by atoms with Crippen molar-refractivity contribution in [3.8, 4) is 0 Å². The minimum atomic E-state index is -1.42. The fraction of sp³-hybridized carbons (Fsp3) is 0.571. The summed E-state index contributed by atoms with van der Waals surface area (Å²) in [6.07, 6.45) is 3.12. The second kappa shape index (κ2) is 5.92. The monoisotopic (exact) mass is 272 g/mol. The van der Waals surface area contributed by atoms with Gasteiger partial charge in [-0.3, -0.25) is 4.90 Å². The van der Waals surface area contributed by atoms with Gasteiger partial charge in [0.1, 0.15) is 0 Å². The maximum absolute atomic E-state index is 13.3. The third-order valence-corrected chi connectivity index (χ3v) is 3.51. The first-order valence-electron chi connectivity index (χ1n) is 6.68. The van der Waals surface area contributed by atoms with Crippen LogP contribution < -0.4 is 5.73 Å². The number of hydrogen-bond donors (Lipinski definition) is 1. The van der Waals surface area contributed by atoms with Crippen LogP contribution in [0.2, 0.25) is 0 Å². The van der Waals surface area contributed by atoms with E-state index in [1.165, 1.54) is 0 Å². The largest absolute Gasteiger partial charge is 0.329 e. The Kier molecular flexibility index (Phi) is 4.47. The van der Waals surface area contributed by atoms with Crippen molar-refractivity contribution < 1.29 is 13.2 Å². The van der Waals surface area contributed by atoms with Crippen LogP contribution in [0.25, 0.3) is 0 Å². The van der Waals surface area contributed by atoms with Gasteiger partial charge in [0.05, 0.1) is 0 Å². The predicted molar refractivity (Wildman–Crippen MR) is 68.1 cm³/mol. The van der Waals surface area contributed by atoms with Gasteiger partial charge >= 0.3 is 0 Å². The molecule has 1 aliphatic carbocycles. The standard InChI is InChI=1S/C14H19F3N2/c1-2-5-19(10-3-4-10)13(8-18)9-6-11(15)14(17)12(16)7-9/h6-7,10,13H,2-5,8,18H2,1H3. The number of nitrogens with zero attached hydrogens (tertiary/aromatic N) is 1. The molecule has 0 saturated heterocycles. The lowest BCUT2D eigenvalue weighted by atomic mass is 10.0. The highest BCUT2D eigenvalue weighted by Crippen LogP contribution is 2.34. The number of hydrogen-bond acceptors (Lipinski definition) is 2. The lowest BCUT2D eigenvalue weighted by Gasteiger charge is -2.31. The third kappa shape index (κ3) is 3.09. The van der Waals surface area contributed by atoms with Gasteiger partial charge in [0, 0.05) is 18.6 Å². The highest BCUT2D eigenvalue weighted by molar-refractivity contribution is 5.23. The van der Waals surface area contributed by atoms with E-state index in [1.54, 1.807) is 0 Å². The summed E-state index contributed by atoms with van der Waals surface area (Å²) in [4.78, 5) is 2.17. The fourth-order valence-corrected chi connectivity index (χ4v) is 2.49. The predicted octanol–water partition coefficient (Wildman–Crippen LogP) is 2.98. The zero-order valence-corrected chi connectivity index (χ0v) is 11.0. The molecule has 2 nitrogen and oxygen atoms in total. The third-order valence-electron chi connectivity index (χ3n) is 3.51. The number of rotatable bonds is 6. The maximum atomic E-state index is 13.3. The quantitative estimate of drug-likeness (QED) is 0.807. The van der Waals surface area contributed by atoms with Crippen LogP contribution in [0, 0.1) is 17.5 Å². The van der Waals surface area contributed by atoms with Gasteiger partial charge in [-0.15, -0.1) is 0 Å².